The van der Waals surface area contributed by atoms with E-state index < -0.39 is 0 Å². The Morgan fingerprint density at radius 2 is 1.11 bits per heavy atom. The Labute approximate surface area is 374 Å². The van der Waals surface area contributed by atoms with E-state index in [1.165, 1.54) is 130 Å². The Hall–Kier alpha value is -6.74. The summed E-state index contributed by atoms with van der Waals surface area (Å²) in [5.41, 5.74) is 17.9. The van der Waals surface area contributed by atoms with Crippen LogP contribution in [0.5, 0.6) is 0 Å². The molecule has 1 heterocycles. The van der Waals surface area contributed by atoms with E-state index in [9.17, 15) is 0 Å². The zero-order valence-electron chi connectivity index (χ0n) is 35.9. The predicted octanol–water partition coefficient (Wildman–Crippen LogP) is 18.0. The molecule has 304 valence electrons. The van der Waals surface area contributed by atoms with Gasteiger partial charge in [-0.1, -0.05) is 185 Å². The van der Waals surface area contributed by atoms with E-state index in [-0.39, 0.29) is 5.41 Å². The SMILES string of the molecule is CC1(C)c2ccccc2-c2c(-c3ccc(N(c4cccc(-c5cccc6sc7ccccc7c56)c4)c4ccccc4-c4cccc5cccc(C6CCCCC6)c45)cc3)cccc21. The zero-order valence-corrected chi connectivity index (χ0v) is 36.8. The number of nitrogens with zero attached hydrogens (tertiary/aromatic N) is 1. The lowest BCUT2D eigenvalue weighted by molar-refractivity contribution is 0.445. The molecule has 0 aliphatic heterocycles. The molecule has 12 rings (SSSR count). The van der Waals surface area contributed by atoms with Crippen molar-refractivity contribution in [1.82, 2.24) is 0 Å². The second kappa shape index (κ2) is 15.3. The summed E-state index contributed by atoms with van der Waals surface area (Å²) in [7, 11) is 0. The lowest BCUT2D eigenvalue weighted by Gasteiger charge is -2.29. The molecule has 0 atom stereocenters. The first-order valence-electron chi connectivity index (χ1n) is 22.8. The molecule has 0 spiro atoms. The summed E-state index contributed by atoms with van der Waals surface area (Å²) in [4.78, 5) is 2.50. The Morgan fingerprint density at radius 3 is 1.98 bits per heavy atom. The van der Waals surface area contributed by atoms with Crippen molar-refractivity contribution in [1.29, 1.82) is 0 Å². The molecule has 1 aromatic heterocycles. The lowest BCUT2D eigenvalue weighted by Crippen LogP contribution is -2.14. The third-order valence-corrected chi connectivity index (χ3v) is 15.4. The summed E-state index contributed by atoms with van der Waals surface area (Å²) in [5.74, 6) is 0.587. The van der Waals surface area contributed by atoms with Crippen molar-refractivity contribution in [2.45, 2.75) is 57.3 Å². The van der Waals surface area contributed by atoms with Gasteiger partial charge in [0.2, 0.25) is 0 Å². The minimum Gasteiger partial charge on any atom is -0.310 e. The van der Waals surface area contributed by atoms with Gasteiger partial charge in [0.15, 0.2) is 0 Å². The molecule has 2 aliphatic carbocycles. The van der Waals surface area contributed by atoms with Crippen LogP contribution in [0, 0.1) is 0 Å². The van der Waals surface area contributed by atoms with Gasteiger partial charge in [-0.3, -0.25) is 0 Å². The fraction of sp³-hybridized carbons (Fsp3) is 0.148. The second-order valence-electron chi connectivity index (χ2n) is 18.2. The van der Waals surface area contributed by atoms with Gasteiger partial charge in [0.25, 0.3) is 0 Å². The maximum atomic E-state index is 2.50. The van der Waals surface area contributed by atoms with E-state index in [2.05, 4.69) is 213 Å². The maximum absolute atomic E-state index is 2.50. The number of benzene rings is 9. The summed E-state index contributed by atoms with van der Waals surface area (Å²) in [5, 5.41) is 5.37. The molecule has 0 N–H and O–H groups in total. The van der Waals surface area contributed by atoms with Crippen LogP contribution in [0.25, 0.3) is 75.5 Å². The fourth-order valence-corrected chi connectivity index (χ4v) is 12.4. The molecule has 9 aromatic carbocycles. The van der Waals surface area contributed by atoms with E-state index in [1.807, 2.05) is 11.3 Å². The number of para-hydroxylation sites is 1. The van der Waals surface area contributed by atoms with Crippen LogP contribution in [0.3, 0.4) is 0 Å². The molecule has 0 radical (unpaired) electrons. The van der Waals surface area contributed by atoms with E-state index in [1.54, 1.807) is 0 Å². The van der Waals surface area contributed by atoms with E-state index in [0.717, 1.165) is 11.4 Å². The van der Waals surface area contributed by atoms with Crippen molar-refractivity contribution in [2.24, 2.45) is 0 Å². The van der Waals surface area contributed by atoms with Gasteiger partial charge in [0.05, 0.1) is 5.69 Å². The number of hydrogen-bond acceptors (Lipinski definition) is 2. The largest absolute Gasteiger partial charge is 0.310 e. The van der Waals surface area contributed by atoms with Crippen molar-refractivity contribution in [2.75, 3.05) is 4.90 Å². The average molecular weight is 828 g/mol. The molecule has 1 nitrogen and oxygen atoms in total. The van der Waals surface area contributed by atoms with Gasteiger partial charge in [-0.25, -0.2) is 0 Å². The van der Waals surface area contributed by atoms with Crippen LogP contribution >= 0.6 is 11.3 Å². The molecule has 63 heavy (non-hydrogen) atoms. The quantitative estimate of drug-likeness (QED) is 0.155. The van der Waals surface area contributed by atoms with Gasteiger partial charge in [0.1, 0.15) is 0 Å². The predicted molar refractivity (Wildman–Crippen MR) is 271 cm³/mol. The second-order valence-corrected chi connectivity index (χ2v) is 19.3. The first-order chi connectivity index (χ1) is 31.0. The van der Waals surface area contributed by atoms with Crippen LogP contribution in [0.4, 0.5) is 17.1 Å². The number of hydrogen-bond donors (Lipinski definition) is 0. The number of fused-ring (bicyclic) bond motifs is 7. The number of rotatable bonds is 7. The molecular weight excluding hydrogens is 779 g/mol. The first-order valence-corrected chi connectivity index (χ1v) is 23.6. The van der Waals surface area contributed by atoms with Gasteiger partial charge >= 0.3 is 0 Å². The molecule has 0 saturated heterocycles. The lowest BCUT2D eigenvalue weighted by atomic mass is 9.80. The Balaban J connectivity index is 1.05. The normalized spacial score (nSPS) is 14.6. The van der Waals surface area contributed by atoms with Crippen molar-refractivity contribution < 1.29 is 0 Å². The monoisotopic (exact) mass is 827 g/mol. The number of anilines is 3. The van der Waals surface area contributed by atoms with E-state index in [0.29, 0.717) is 5.92 Å². The summed E-state index contributed by atoms with van der Waals surface area (Å²) in [6.07, 6.45) is 6.50. The smallest absolute Gasteiger partial charge is 0.0540 e. The van der Waals surface area contributed by atoms with Crippen molar-refractivity contribution in [3.63, 3.8) is 0 Å². The van der Waals surface area contributed by atoms with Crippen LogP contribution in [-0.2, 0) is 5.41 Å². The summed E-state index contributed by atoms with van der Waals surface area (Å²) in [6.45, 7) is 4.73. The first kappa shape index (κ1) is 38.0. The van der Waals surface area contributed by atoms with Crippen molar-refractivity contribution in [3.05, 3.63) is 211 Å². The highest BCUT2D eigenvalue weighted by atomic mass is 32.1. The van der Waals surface area contributed by atoms with Crippen molar-refractivity contribution >= 4 is 59.3 Å². The highest BCUT2D eigenvalue weighted by Crippen LogP contribution is 2.53. The average Bonchev–Trinajstić information content (AvgIpc) is 3.84. The minimum atomic E-state index is -0.0501. The van der Waals surface area contributed by atoms with Crippen LogP contribution < -0.4 is 4.90 Å². The topological polar surface area (TPSA) is 3.24 Å². The third kappa shape index (κ3) is 6.26. The maximum Gasteiger partial charge on any atom is 0.0540 e. The third-order valence-electron chi connectivity index (χ3n) is 14.3. The fourth-order valence-electron chi connectivity index (χ4n) is 11.3. The van der Waals surface area contributed by atoms with Gasteiger partial charge in [-0.2, -0.15) is 0 Å². The van der Waals surface area contributed by atoms with Crippen LogP contribution in [-0.4, -0.2) is 0 Å². The van der Waals surface area contributed by atoms with Crippen LogP contribution in [0.15, 0.2) is 194 Å². The molecule has 0 unspecified atom stereocenters. The zero-order chi connectivity index (χ0) is 42.1. The summed E-state index contributed by atoms with van der Waals surface area (Å²) >= 11 is 1.88. The molecule has 1 saturated carbocycles. The molecule has 10 aromatic rings. The molecular formula is C61H49NS. The standard InChI is InChI=1S/C61H49NS/c1-61(2)53-30-9-6-24-51(53)59-47(27-15-31-54(59)61)41-35-37-44(38-36-41)62(45-22-12-21-43(39-45)48-28-16-34-57-60(48)52-25-8-11-33-56(52)63-57)55-32-10-7-23-49(55)50-29-14-20-42-19-13-26-46(58(42)50)40-17-4-3-5-18-40/h6-16,19-40H,3-5,17-18H2,1-2H3. The molecule has 2 heteroatoms. The summed E-state index contributed by atoms with van der Waals surface area (Å²) < 4.78 is 2.64. The van der Waals surface area contributed by atoms with Gasteiger partial charge < -0.3 is 4.90 Å². The molecule has 1 fully saturated rings. The molecule has 0 bridgehead atoms. The van der Waals surface area contributed by atoms with Crippen molar-refractivity contribution in [3.8, 4) is 44.5 Å². The van der Waals surface area contributed by atoms with Gasteiger partial charge in [-0.05, 0) is 128 Å². The number of thiophene rings is 1. The van der Waals surface area contributed by atoms with Crippen LogP contribution in [0.2, 0.25) is 0 Å². The Kier molecular flexibility index (Phi) is 9.20. The Bertz CT molecular complexity index is 3360. The van der Waals surface area contributed by atoms with Gasteiger partial charge in [-0.15, -0.1) is 11.3 Å². The van der Waals surface area contributed by atoms with Gasteiger partial charge in [0, 0.05) is 42.5 Å². The van der Waals surface area contributed by atoms with E-state index in [4.69, 9.17) is 0 Å². The van der Waals surface area contributed by atoms with E-state index >= 15 is 0 Å². The molecule has 0 amide bonds. The molecule has 2 aliphatic rings. The Morgan fingerprint density at radius 1 is 0.460 bits per heavy atom. The summed E-state index contributed by atoms with van der Waals surface area (Å²) in [6, 6.07) is 73.1. The highest BCUT2D eigenvalue weighted by molar-refractivity contribution is 7.25. The van der Waals surface area contributed by atoms with Crippen LogP contribution in [0.1, 0.15) is 68.6 Å². The minimum absolute atomic E-state index is 0.0501. The highest BCUT2D eigenvalue weighted by Gasteiger charge is 2.36.